The van der Waals surface area contributed by atoms with Crippen LogP contribution in [0.4, 0.5) is 5.69 Å². The van der Waals surface area contributed by atoms with Crippen LogP contribution in [0.15, 0.2) is 23.2 Å². The number of ether oxygens (including phenoxy) is 1. The van der Waals surface area contributed by atoms with Crippen LogP contribution in [0.2, 0.25) is 0 Å². The highest BCUT2D eigenvalue weighted by atomic mass is 16.5. The molecule has 0 atom stereocenters. The van der Waals surface area contributed by atoms with Crippen LogP contribution in [0.1, 0.15) is 18.1 Å². The Hall–Kier alpha value is -1.55. The van der Waals surface area contributed by atoms with Gasteiger partial charge < -0.3 is 15.8 Å². The maximum Gasteiger partial charge on any atom is 0.193 e. The zero-order valence-electron chi connectivity index (χ0n) is 10.8. The van der Waals surface area contributed by atoms with E-state index >= 15 is 0 Å². The van der Waals surface area contributed by atoms with Gasteiger partial charge in [-0.2, -0.15) is 0 Å². The summed E-state index contributed by atoms with van der Waals surface area (Å²) in [6, 6.07) is 6.20. The highest BCUT2D eigenvalue weighted by molar-refractivity contribution is 5.92. The average Bonchev–Trinajstić information content (AvgIpc) is 2.23. The van der Waals surface area contributed by atoms with E-state index in [1.54, 1.807) is 0 Å². The third-order valence-corrected chi connectivity index (χ3v) is 2.22. The first kappa shape index (κ1) is 13.5. The predicted octanol–water partition coefficient (Wildman–Crippen LogP) is 2.07. The van der Waals surface area contributed by atoms with E-state index in [4.69, 9.17) is 10.5 Å². The summed E-state index contributed by atoms with van der Waals surface area (Å²) in [7, 11) is 0. The number of nitrogens with one attached hydrogen (secondary N) is 1. The van der Waals surface area contributed by atoms with Gasteiger partial charge in [0.1, 0.15) is 0 Å². The van der Waals surface area contributed by atoms with E-state index in [2.05, 4.69) is 30.2 Å². The van der Waals surface area contributed by atoms with Gasteiger partial charge in [0.05, 0.1) is 13.2 Å². The van der Waals surface area contributed by atoms with Gasteiger partial charge in [-0.05, 0) is 44.0 Å². The number of rotatable bonds is 5. The zero-order valence-corrected chi connectivity index (χ0v) is 10.8. The Morgan fingerprint density at radius 1 is 1.29 bits per heavy atom. The zero-order chi connectivity index (χ0) is 12.7. The van der Waals surface area contributed by atoms with Gasteiger partial charge in [0.15, 0.2) is 5.96 Å². The van der Waals surface area contributed by atoms with Crippen molar-refractivity contribution in [3.05, 3.63) is 29.3 Å². The number of benzene rings is 1. The molecule has 0 amide bonds. The number of hydrogen-bond acceptors (Lipinski definition) is 2. The Balaban J connectivity index is 2.52. The third kappa shape index (κ3) is 5.36. The molecular weight excluding hydrogens is 214 g/mol. The van der Waals surface area contributed by atoms with Gasteiger partial charge in [-0.3, -0.25) is 4.99 Å². The van der Waals surface area contributed by atoms with Crippen molar-refractivity contribution in [2.24, 2.45) is 10.7 Å². The summed E-state index contributed by atoms with van der Waals surface area (Å²) in [5.74, 6) is 0.426. The fourth-order valence-corrected chi connectivity index (χ4v) is 1.61. The molecule has 0 saturated carbocycles. The van der Waals surface area contributed by atoms with Gasteiger partial charge in [-0.25, -0.2) is 0 Å². The molecule has 0 aliphatic carbocycles. The van der Waals surface area contributed by atoms with Crippen molar-refractivity contribution < 1.29 is 4.74 Å². The maximum atomic E-state index is 5.77. The van der Waals surface area contributed by atoms with Gasteiger partial charge in [-0.1, -0.05) is 6.07 Å². The quantitative estimate of drug-likeness (QED) is 0.466. The Kier molecular flexibility index (Phi) is 5.49. The lowest BCUT2D eigenvalue weighted by Gasteiger charge is -2.08. The molecule has 0 aliphatic rings. The van der Waals surface area contributed by atoms with Crippen molar-refractivity contribution in [3.63, 3.8) is 0 Å². The predicted molar refractivity (Wildman–Crippen MR) is 72.5 cm³/mol. The van der Waals surface area contributed by atoms with Crippen LogP contribution >= 0.6 is 0 Å². The third-order valence-electron chi connectivity index (χ3n) is 2.22. The maximum absolute atomic E-state index is 5.77. The van der Waals surface area contributed by atoms with Crippen LogP contribution in [-0.4, -0.2) is 25.7 Å². The molecule has 17 heavy (non-hydrogen) atoms. The molecule has 0 spiro atoms. The first-order chi connectivity index (χ1) is 8.11. The van der Waals surface area contributed by atoms with Crippen molar-refractivity contribution in [1.29, 1.82) is 0 Å². The average molecular weight is 235 g/mol. The molecule has 94 valence electrons. The molecule has 0 aliphatic heterocycles. The van der Waals surface area contributed by atoms with Gasteiger partial charge in [0.25, 0.3) is 0 Å². The molecule has 0 bridgehead atoms. The minimum atomic E-state index is 0.426. The molecule has 0 radical (unpaired) electrons. The molecular formula is C13H21N3O. The summed E-state index contributed by atoms with van der Waals surface area (Å²) in [6.07, 6.45) is 0. The number of anilines is 1. The lowest BCUT2D eigenvalue weighted by Crippen LogP contribution is -2.23. The number of aryl methyl sites for hydroxylation is 2. The van der Waals surface area contributed by atoms with Crippen molar-refractivity contribution in [2.45, 2.75) is 20.8 Å². The summed E-state index contributed by atoms with van der Waals surface area (Å²) in [4.78, 5) is 4.17. The number of hydrogen-bond donors (Lipinski definition) is 2. The van der Waals surface area contributed by atoms with Crippen LogP contribution < -0.4 is 11.1 Å². The molecule has 1 rings (SSSR count). The van der Waals surface area contributed by atoms with Crippen molar-refractivity contribution in [1.82, 2.24) is 0 Å². The second-order valence-corrected chi connectivity index (χ2v) is 3.97. The van der Waals surface area contributed by atoms with Crippen molar-refractivity contribution in [3.8, 4) is 0 Å². The summed E-state index contributed by atoms with van der Waals surface area (Å²) in [5.41, 5.74) is 9.15. The Labute approximate surface area is 103 Å². The number of nitrogens with two attached hydrogens (primary N) is 1. The van der Waals surface area contributed by atoms with Gasteiger partial charge >= 0.3 is 0 Å². The van der Waals surface area contributed by atoms with Crippen LogP contribution in [0.3, 0.4) is 0 Å². The molecule has 0 aromatic heterocycles. The monoisotopic (exact) mass is 235 g/mol. The molecule has 4 heteroatoms. The SMILES string of the molecule is CCOCCN=C(N)Nc1cc(C)cc(C)c1. The molecule has 1 aromatic rings. The lowest BCUT2D eigenvalue weighted by molar-refractivity contribution is 0.156. The van der Waals surface area contributed by atoms with Crippen LogP contribution in [0, 0.1) is 13.8 Å². The fourth-order valence-electron chi connectivity index (χ4n) is 1.61. The molecule has 0 heterocycles. The van der Waals surface area contributed by atoms with Gasteiger partial charge in [-0.15, -0.1) is 0 Å². The lowest BCUT2D eigenvalue weighted by atomic mass is 10.1. The molecule has 3 N–H and O–H groups in total. The number of aliphatic imine (C=N–C) groups is 1. The van der Waals surface area contributed by atoms with E-state index < -0.39 is 0 Å². The second kappa shape index (κ2) is 6.91. The normalized spacial score (nSPS) is 11.6. The summed E-state index contributed by atoms with van der Waals surface area (Å²) in [5, 5.41) is 3.07. The van der Waals surface area contributed by atoms with E-state index in [0.29, 0.717) is 25.7 Å². The molecule has 0 unspecified atom stereocenters. The summed E-state index contributed by atoms with van der Waals surface area (Å²) >= 11 is 0. The topological polar surface area (TPSA) is 59.6 Å². The van der Waals surface area contributed by atoms with E-state index in [-0.39, 0.29) is 0 Å². The molecule has 1 aromatic carbocycles. The molecule has 4 nitrogen and oxygen atoms in total. The van der Waals surface area contributed by atoms with Gasteiger partial charge in [0.2, 0.25) is 0 Å². The van der Waals surface area contributed by atoms with Gasteiger partial charge in [0, 0.05) is 12.3 Å². The smallest absolute Gasteiger partial charge is 0.193 e. The minimum Gasteiger partial charge on any atom is -0.380 e. The highest BCUT2D eigenvalue weighted by Crippen LogP contribution is 2.13. The van der Waals surface area contributed by atoms with E-state index in [1.165, 1.54) is 11.1 Å². The fraction of sp³-hybridized carbons (Fsp3) is 0.462. The first-order valence-electron chi connectivity index (χ1n) is 5.85. The Morgan fingerprint density at radius 3 is 2.53 bits per heavy atom. The Morgan fingerprint density at radius 2 is 1.94 bits per heavy atom. The van der Waals surface area contributed by atoms with E-state index in [0.717, 1.165) is 5.69 Å². The second-order valence-electron chi connectivity index (χ2n) is 3.97. The number of nitrogens with zero attached hydrogens (tertiary/aromatic N) is 1. The standard InChI is InChI=1S/C13H21N3O/c1-4-17-6-5-15-13(14)16-12-8-10(2)7-11(3)9-12/h7-9H,4-6H2,1-3H3,(H3,14,15,16). The van der Waals surface area contributed by atoms with Crippen LogP contribution in [0.25, 0.3) is 0 Å². The van der Waals surface area contributed by atoms with Crippen molar-refractivity contribution >= 4 is 11.6 Å². The van der Waals surface area contributed by atoms with Crippen LogP contribution in [0.5, 0.6) is 0 Å². The largest absolute Gasteiger partial charge is 0.380 e. The van der Waals surface area contributed by atoms with Crippen LogP contribution in [-0.2, 0) is 4.74 Å². The minimum absolute atomic E-state index is 0.426. The number of guanidine groups is 1. The first-order valence-corrected chi connectivity index (χ1v) is 5.85. The summed E-state index contributed by atoms with van der Waals surface area (Å²) in [6.45, 7) is 7.96. The molecule has 0 fully saturated rings. The Bertz CT molecular complexity index is 368. The van der Waals surface area contributed by atoms with E-state index in [1.807, 2.05) is 19.1 Å². The molecule has 0 saturated heterocycles. The van der Waals surface area contributed by atoms with Crippen molar-refractivity contribution in [2.75, 3.05) is 25.1 Å². The summed E-state index contributed by atoms with van der Waals surface area (Å²) < 4.78 is 5.18. The van der Waals surface area contributed by atoms with E-state index in [9.17, 15) is 0 Å². The highest BCUT2D eigenvalue weighted by Gasteiger charge is 1.97.